The average Bonchev–Trinajstić information content (AvgIpc) is 3.37. The number of hydrogen-bond donors (Lipinski definition) is 1. The van der Waals surface area contributed by atoms with Gasteiger partial charge >= 0.3 is 6.18 Å². The maximum atomic E-state index is 13.0. The molecule has 0 atom stereocenters. The number of nitrogens with one attached hydrogen (secondary N) is 1. The maximum absolute atomic E-state index is 13.0. The van der Waals surface area contributed by atoms with E-state index in [0.717, 1.165) is 30.7 Å². The van der Waals surface area contributed by atoms with Crippen molar-refractivity contribution in [3.05, 3.63) is 82.8 Å². The van der Waals surface area contributed by atoms with E-state index in [2.05, 4.69) is 15.3 Å². The summed E-state index contributed by atoms with van der Waals surface area (Å²) in [6, 6.07) is 10.8. The molecule has 1 aromatic carbocycles. The minimum atomic E-state index is -4.52. The number of halogens is 3. The summed E-state index contributed by atoms with van der Waals surface area (Å²) >= 11 is 0. The number of rotatable bonds is 5. The van der Waals surface area contributed by atoms with Crippen molar-refractivity contribution in [2.24, 2.45) is 0 Å². The molecule has 0 spiro atoms. The summed E-state index contributed by atoms with van der Waals surface area (Å²) in [4.78, 5) is 35.5. The lowest BCUT2D eigenvalue weighted by atomic mass is 10.0. The maximum Gasteiger partial charge on any atom is 0.433 e. The predicted octanol–water partition coefficient (Wildman–Crippen LogP) is 4.64. The molecule has 1 N–H and O–H groups in total. The Labute approximate surface area is 194 Å². The Morgan fingerprint density at radius 3 is 2.32 bits per heavy atom. The number of aromatic nitrogens is 2. The molecule has 1 aliphatic rings. The molecule has 1 aliphatic heterocycles. The van der Waals surface area contributed by atoms with Crippen LogP contribution in [0.4, 0.5) is 13.2 Å². The van der Waals surface area contributed by atoms with Gasteiger partial charge in [0.1, 0.15) is 5.69 Å². The highest BCUT2D eigenvalue weighted by Crippen LogP contribution is 2.27. The molecule has 1 saturated heterocycles. The van der Waals surface area contributed by atoms with Crippen LogP contribution in [0.3, 0.4) is 0 Å². The standard InChI is InChI=1S/C25H23F3N4O2/c1-16-4-6-21(29-13-16)18-10-19(12-20(11-18)24(34)32-8-2-3-9-32)23(33)31-15-17-5-7-22(30-14-17)25(26,27)28/h4-7,10-14H,2-3,8-9,15H2,1H3,(H,31,33). The monoisotopic (exact) mass is 468 g/mol. The number of hydrogen-bond acceptors (Lipinski definition) is 4. The fraction of sp³-hybridized carbons (Fsp3) is 0.280. The number of carbonyl (C=O) groups excluding carboxylic acids is 2. The fourth-order valence-electron chi connectivity index (χ4n) is 3.75. The van der Waals surface area contributed by atoms with E-state index in [9.17, 15) is 22.8 Å². The summed E-state index contributed by atoms with van der Waals surface area (Å²) in [6.07, 6.45) is 0.156. The van der Waals surface area contributed by atoms with Gasteiger partial charge in [0, 0.05) is 48.7 Å². The summed E-state index contributed by atoms with van der Waals surface area (Å²) in [5.41, 5.74) is 2.33. The molecule has 0 saturated carbocycles. The molecule has 4 rings (SSSR count). The topological polar surface area (TPSA) is 75.2 Å². The molecule has 0 unspecified atom stereocenters. The highest BCUT2D eigenvalue weighted by atomic mass is 19.4. The predicted molar refractivity (Wildman–Crippen MR) is 120 cm³/mol. The second-order valence-electron chi connectivity index (χ2n) is 8.25. The molecule has 9 heteroatoms. The normalized spacial score (nSPS) is 13.7. The highest BCUT2D eigenvalue weighted by molar-refractivity contribution is 6.01. The van der Waals surface area contributed by atoms with Crippen molar-refractivity contribution in [2.45, 2.75) is 32.5 Å². The molecular formula is C25H23F3N4O2. The van der Waals surface area contributed by atoms with Crippen molar-refractivity contribution in [3.63, 3.8) is 0 Å². The van der Waals surface area contributed by atoms with E-state index in [1.54, 1.807) is 29.3 Å². The minimum absolute atomic E-state index is 0.00756. The van der Waals surface area contributed by atoms with Crippen molar-refractivity contribution in [1.29, 1.82) is 0 Å². The van der Waals surface area contributed by atoms with Crippen molar-refractivity contribution in [3.8, 4) is 11.3 Å². The quantitative estimate of drug-likeness (QED) is 0.592. The highest BCUT2D eigenvalue weighted by Gasteiger charge is 2.32. The minimum Gasteiger partial charge on any atom is -0.348 e. The first-order valence-corrected chi connectivity index (χ1v) is 10.9. The van der Waals surface area contributed by atoms with Crippen LogP contribution in [0.25, 0.3) is 11.3 Å². The first-order chi connectivity index (χ1) is 16.2. The molecule has 3 heterocycles. The van der Waals surface area contributed by atoms with Gasteiger partial charge in [-0.3, -0.25) is 19.6 Å². The second-order valence-corrected chi connectivity index (χ2v) is 8.25. The van der Waals surface area contributed by atoms with Crippen LogP contribution >= 0.6 is 0 Å². The Kier molecular flexibility index (Phi) is 6.63. The van der Waals surface area contributed by atoms with E-state index in [1.165, 1.54) is 6.07 Å². The van der Waals surface area contributed by atoms with Gasteiger partial charge in [-0.25, -0.2) is 0 Å². The zero-order valence-corrected chi connectivity index (χ0v) is 18.5. The van der Waals surface area contributed by atoms with E-state index >= 15 is 0 Å². The van der Waals surface area contributed by atoms with Crippen LogP contribution in [0.5, 0.6) is 0 Å². The summed E-state index contributed by atoms with van der Waals surface area (Å²) in [5, 5.41) is 2.69. The number of alkyl halides is 3. The lowest BCUT2D eigenvalue weighted by molar-refractivity contribution is -0.141. The van der Waals surface area contributed by atoms with E-state index in [4.69, 9.17) is 0 Å². The molecule has 0 radical (unpaired) electrons. The van der Waals surface area contributed by atoms with Crippen LogP contribution in [-0.4, -0.2) is 39.8 Å². The number of likely N-dealkylation sites (tertiary alicyclic amines) is 1. The molecule has 2 aromatic heterocycles. The number of carbonyl (C=O) groups is 2. The van der Waals surface area contributed by atoms with Gasteiger partial charge in [-0.05, 0) is 61.2 Å². The van der Waals surface area contributed by atoms with Crippen LogP contribution in [0.15, 0.2) is 54.9 Å². The third-order valence-corrected chi connectivity index (χ3v) is 5.61. The van der Waals surface area contributed by atoms with Crippen molar-refractivity contribution < 1.29 is 22.8 Å². The molecule has 0 bridgehead atoms. The van der Waals surface area contributed by atoms with Gasteiger partial charge in [-0.2, -0.15) is 13.2 Å². The molecule has 34 heavy (non-hydrogen) atoms. The van der Waals surface area contributed by atoms with Crippen LogP contribution in [0.1, 0.15) is 50.4 Å². The van der Waals surface area contributed by atoms with Crippen molar-refractivity contribution in [1.82, 2.24) is 20.2 Å². The second kappa shape index (κ2) is 9.62. The fourth-order valence-corrected chi connectivity index (χ4v) is 3.75. The first kappa shape index (κ1) is 23.4. The summed E-state index contributed by atoms with van der Waals surface area (Å²) < 4.78 is 38.1. The number of amides is 2. The molecule has 2 amide bonds. The molecule has 176 valence electrons. The third-order valence-electron chi connectivity index (χ3n) is 5.61. The Balaban J connectivity index is 1.58. The molecule has 1 fully saturated rings. The average molecular weight is 468 g/mol. The van der Waals surface area contributed by atoms with Gasteiger partial charge in [0.15, 0.2) is 0 Å². The first-order valence-electron chi connectivity index (χ1n) is 10.9. The molecular weight excluding hydrogens is 445 g/mol. The van der Waals surface area contributed by atoms with Gasteiger partial charge in [-0.1, -0.05) is 12.1 Å². The molecule has 0 aliphatic carbocycles. The van der Waals surface area contributed by atoms with E-state index < -0.39 is 17.8 Å². The summed E-state index contributed by atoms with van der Waals surface area (Å²) in [6.45, 7) is 3.26. The Hall–Kier alpha value is -3.75. The number of pyridine rings is 2. The third kappa shape index (κ3) is 5.41. The Morgan fingerprint density at radius 2 is 1.71 bits per heavy atom. The van der Waals surface area contributed by atoms with Crippen LogP contribution in [0.2, 0.25) is 0 Å². The smallest absolute Gasteiger partial charge is 0.348 e. The van der Waals surface area contributed by atoms with Gasteiger partial charge in [-0.15, -0.1) is 0 Å². The lowest BCUT2D eigenvalue weighted by Crippen LogP contribution is -2.28. The summed E-state index contributed by atoms with van der Waals surface area (Å²) in [5.74, 6) is -0.600. The van der Waals surface area contributed by atoms with Gasteiger partial charge in [0.2, 0.25) is 0 Å². The number of aryl methyl sites for hydroxylation is 1. The van der Waals surface area contributed by atoms with Gasteiger partial charge < -0.3 is 10.2 Å². The number of benzene rings is 1. The SMILES string of the molecule is Cc1ccc(-c2cc(C(=O)NCc3ccc(C(F)(F)F)nc3)cc(C(=O)N3CCCC3)c2)nc1. The van der Waals surface area contributed by atoms with Gasteiger partial charge in [0.05, 0.1) is 5.69 Å². The Bertz CT molecular complexity index is 1190. The zero-order chi connectivity index (χ0) is 24.3. The lowest BCUT2D eigenvalue weighted by Gasteiger charge is -2.17. The summed E-state index contributed by atoms with van der Waals surface area (Å²) in [7, 11) is 0. The van der Waals surface area contributed by atoms with Crippen LogP contribution in [-0.2, 0) is 12.7 Å². The van der Waals surface area contributed by atoms with Gasteiger partial charge in [0.25, 0.3) is 11.8 Å². The zero-order valence-electron chi connectivity index (χ0n) is 18.5. The largest absolute Gasteiger partial charge is 0.433 e. The van der Waals surface area contributed by atoms with E-state index in [-0.39, 0.29) is 18.0 Å². The molecule has 6 nitrogen and oxygen atoms in total. The van der Waals surface area contributed by atoms with Crippen molar-refractivity contribution in [2.75, 3.05) is 13.1 Å². The van der Waals surface area contributed by atoms with Crippen LogP contribution in [0, 0.1) is 6.92 Å². The Morgan fingerprint density at radius 1 is 0.971 bits per heavy atom. The van der Waals surface area contributed by atoms with Crippen molar-refractivity contribution >= 4 is 11.8 Å². The van der Waals surface area contributed by atoms with E-state index in [1.807, 2.05) is 19.1 Å². The van der Waals surface area contributed by atoms with E-state index in [0.29, 0.717) is 35.5 Å². The number of nitrogens with zero attached hydrogens (tertiary/aromatic N) is 3. The van der Waals surface area contributed by atoms with Crippen LogP contribution < -0.4 is 5.32 Å². The molecule has 3 aromatic rings.